The molecule has 0 aliphatic carbocycles. The van der Waals surface area contributed by atoms with E-state index in [1.165, 1.54) is 0 Å². The van der Waals surface area contributed by atoms with Gasteiger partial charge in [0.25, 0.3) is 0 Å². The van der Waals surface area contributed by atoms with Crippen LogP contribution in [0.5, 0.6) is 0 Å². The smallest absolute Gasteiger partial charge is 0.325 e. The summed E-state index contributed by atoms with van der Waals surface area (Å²) in [5.74, 6) is 0. The Morgan fingerprint density at radius 1 is 1.70 bits per heavy atom. The average molecular weight is 170 g/mol. The summed E-state index contributed by atoms with van der Waals surface area (Å²) in [4.78, 5) is 8.50. The average Bonchev–Trinajstić information content (AvgIpc) is 1.81. The van der Waals surface area contributed by atoms with Crippen LogP contribution in [0.3, 0.4) is 0 Å². The fourth-order valence-corrected chi connectivity index (χ4v) is 0.726. The molecule has 0 rings (SSSR count). The molecule has 0 aromatic rings. The summed E-state index contributed by atoms with van der Waals surface area (Å²) in [7, 11) is -3.50. The molecule has 0 amide bonds. The molecule has 0 radical (unpaired) electrons. The molecule has 0 aliphatic heterocycles. The van der Waals surface area contributed by atoms with Crippen LogP contribution in [0.2, 0.25) is 0 Å². The SMILES string of the molecule is CP(=O)(O)OC[C@@H](O)CO. The maximum Gasteiger partial charge on any atom is 0.325 e. The second kappa shape index (κ2) is 4.05. The molecular weight excluding hydrogens is 159 g/mol. The van der Waals surface area contributed by atoms with Crippen LogP contribution in [-0.4, -0.2) is 41.1 Å². The predicted molar refractivity (Wildman–Crippen MR) is 34.8 cm³/mol. The molecule has 0 aliphatic rings. The van der Waals surface area contributed by atoms with Crippen molar-refractivity contribution in [1.29, 1.82) is 0 Å². The molecule has 0 aromatic carbocycles. The van der Waals surface area contributed by atoms with Crippen molar-refractivity contribution in [1.82, 2.24) is 0 Å². The van der Waals surface area contributed by atoms with E-state index >= 15 is 0 Å². The van der Waals surface area contributed by atoms with Gasteiger partial charge in [-0.15, -0.1) is 0 Å². The van der Waals surface area contributed by atoms with Gasteiger partial charge in [0.1, 0.15) is 6.10 Å². The Balaban J connectivity index is 3.46. The molecule has 0 aromatic heterocycles. The first-order chi connectivity index (χ1) is 4.45. The Hall–Kier alpha value is 0.0700. The molecule has 10 heavy (non-hydrogen) atoms. The lowest BCUT2D eigenvalue weighted by molar-refractivity contribution is 0.0502. The van der Waals surface area contributed by atoms with E-state index in [9.17, 15) is 4.57 Å². The van der Waals surface area contributed by atoms with E-state index in [0.717, 1.165) is 6.66 Å². The Bertz CT molecular complexity index is 130. The third-order valence-corrected chi connectivity index (χ3v) is 1.35. The molecule has 0 heterocycles. The van der Waals surface area contributed by atoms with Crippen molar-refractivity contribution in [3.63, 3.8) is 0 Å². The molecule has 3 N–H and O–H groups in total. The fourth-order valence-electron chi connectivity index (χ4n) is 0.277. The van der Waals surface area contributed by atoms with Crippen molar-refractivity contribution >= 4 is 7.60 Å². The minimum atomic E-state index is -3.50. The van der Waals surface area contributed by atoms with Gasteiger partial charge in [-0.05, 0) is 0 Å². The van der Waals surface area contributed by atoms with E-state index in [4.69, 9.17) is 15.1 Å². The summed E-state index contributed by atoms with van der Waals surface area (Å²) >= 11 is 0. The number of aliphatic hydroxyl groups excluding tert-OH is 2. The Kier molecular flexibility index (Phi) is 4.08. The maximum atomic E-state index is 10.4. The van der Waals surface area contributed by atoms with Crippen molar-refractivity contribution in [3.05, 3.63) is 0 Å². The molecule has 1 unspecified atom stereocenters. The van der Waals surface area contributed by atoms with Crippen LogP contribution in [0.1, 0.15) is 0 Å². The van der Waals surface area contributed by atoms with Crippen molar-refractivity contribution in [2.75, 3.05) is 19.9 Å². The van der Waals surface area contributed by atoms with Gasteiger partial charge >= 0.3 is 7.60 Å². The van der Waals surface area contributed by atoms with Crippen molar-refractivity contribution in [2.45, 2.75) is 6.10 Å². The fraction of sp³-hybridized carbons (Fsp3) is 1.00. The summed E-state index contributed by atoms with van der Waals surface area (Å²) in [6.07, 6.45) is -1.08. The van der Waals surface area contributed by atoms with Gasteiger partial charge in [-0.2, -0.15) is 0 Å². The molecule has 0 spiro atoms. The normalized spacial score (nSPS) is 20.0. The van der Waals surface area contributed by atoms with E-state index in [-0.39, 0.29) is 6.61 Å². The highest BCUT2D eigenvalue weighted by atomic mass is 31.2. The highest BCUT2D eigenvalue weighted by Gasteiger charge is 2.12. The van der Waals surface area contributed by atoms with E-state index in [1.54, 1.807) is 0 Å². The van der Waals surface area contributed by atoms with E-state index in [2.05, 4.69) is 4.52 Å². The molecule has 0 fully saturated rings. The lowest BCUT2D eigenvalue weighted by Crippen LogP contribution is -2.18. The first-order valence-corrected chi connectivity index (χ1v) is 4.72. The van der Waals surface area contributed by atoms with Gasteiger partial charge in [0.15, 0.2) is 0 Å². The van der Waals surface area contributed by atoms with Crippen LogP contribution in [0.15, 0.2) is 0 Å². The van der Waals surface area contributed by atoms with Crippen LogP contribution >= 0.6 is 7.60 Å². The third kappa shape index (κ3) is 6.19. The van der Waals surface area contributed by atoms with Gasteiger partial charge < -0.3 is 19.6 Å². The maximum absolute atomic E-state index is 10.4. The predicted octanol–water partition coefficient (Wildman–Crippen LogP) is -0.829. The Morgan fingerprint density at radius 3 is 2.50 bits per heavy atom. The highest BCUT2D eigenvalue weighted by Crippen LogP contribution is 2.36. The van der Waals surface area contributed by atoms with E-state index in [0.29, 0.717) is 0 Å². The van der Waals surface area contributed by atoms with Crippen LogP contribution in [0.4, 0.5) is 0 Å². The number of hydrogen-bond donors (Lipinski definition) is 3. The Morgan fingerprint density at radius 2 is 2.20 bits per heavy atom. The van der Waals surface area contributed by atoms with Crippen LogP contribution in [-0.2, 0) is 9.09 Å². The second-order valence-electron chi connectivity index (χ2n) is 1.94. The van der Waals surface area contributed by atoms with Crippen molar-refractivity contribution in [2.24, 2.45) is 0 Å². The lowest BCUT2D eigenvalue weighted by Gasteiger charge is -2.09. The largest absolute Gasteiger partial charge is 0.394 e. The zero-order chi connectivity index (χ0) is 8.20. The summed E-state index contributed by atoms with van der Waals surface area (Å²) in [5.41, 5.74) is 0. The van der Waals surface area contributed by atoms with Crippen LogP contribution < -0.4 is 0 Å². The number of hydrogen-bond acceptors (Lipinski definition) is 4. The molecule has 0 saturated carbocycles. The standard InChI is InChI=1S/C4H11O5P/c1-10(7,8)9-3-4(6)2-5/h4-6H,2-3H2,1H3,(H,7,8)/t4-/m0/s1. The monoisotopic (exact) mass is 170 g/mol. The summed E-state index contributed by atoms with van der Waals surface area (Å²) in [5, 5.41) is 16.8. The summed E-state index contributed by atoms with van der Waals surface area (Å²) in [6.45, 7) is 0.220. The van der Waals surface area contributed by atoms with Crippen LogP contribution in [0.25, 0.3) is 0 Å². The van der Waals surface area contributed by atoms with E-state index < -0.39 is 20.3 Å². The van der Waals surface area contributed by atoms with Gasteiger partial charge in [0.2, 0.25) is 0 Å². The topological polar surface area (TPSA) is 87.0 Å². The molecule has 0 bridgehead atoms. The highest BCUT2D eigenvalue weighted by molar-refractivity contribution is 7.51. The molecule has 5 nitrogen and oxygen atoms in total. The van der Waals surface area contributed by atoms with Crippen molar-refractivity contribution in [3.8, 4) is 0 Å². The Labute approximate surface area is 58.8 Å². The lowest BCUT2D eigenvalue weighted by atomic mass is 10.4. The van der Waals surface area contributed by atoms with E-state index in [1.807, 2.05) is 0 Å². The minimum Gasteiger partial charge on any atom is -0.394 e. The second-order valence-corrected chi connectivity index (χ2v) is 3.80. The summed E-state index contributed by atoms with van der Waals surface area (Å²) < 4.78 is 14.7. The number of aliphatic hydroxyl groups is 2. The van der Waals surface area contributed by atoms with Gasteiger partial charge in [0, 0.05) is 6.66 Å². The number of rotatable bonds is 4. The minimum absolute atomic E-state index is 0.319. The van der Waals surface area contributed by atoms with Crippen LogP contribution in [0, 0.1) is 0 Å². The molecule has 0 saturated heterocycles. The molecule has 62 valence electrons. The molecule has 2 atom stereocenters. The van der Waals surface area contributed by atoms with Gasteiger partial charge in [-0.3, -0.25) is 4.57 Å². The van der Waals surface area contributed by atoms with Gasteiger partial charge in [-0.1, -0.05) is 0 Å². The summed E-state index contributed by atoms with van der Waals surface area (Å²) in [6, 6.07) is 0. The first kappa shape index (κ1) is 10.1. The first-order valence-electron chi connectivity index (χ1n) is 2.69. The molecular formula is C4H11O5P. The zero-order valence-corrected chi connectivity index (χ0v) is 6.49. The quantitative estimate of drug-likeness (QED) is 0.479. The van der Waals surface area contributed by atoms with Gasteiger partial charge in [0.05, 0.1) is 13.2 Å². The van der Waals surface area contributed by atoms with Crippen molar-refractivity contribution < 1.29 is 24.2 Å². The third-order valence-electron chi connectivity index (χ3n) is 0.717. The van der Waals surface area contributed by atoms with Gasteiger partial charge in [-0.25, -0.2) is 0 Å². The molecule has 6 heteroatoms. The zero-order valence-electron chi connectivity index (χ0n) is 5.60.